The van der Waals surface area contributed by atoms with E-state index < -0.39 is 110 Å². The maximum atomic E-state index is 8.80. The minimum atomic E-state index is -2.44. The van der Waals surface area contributed by atoms with E-state index >= 15 is 0 Å². The van der Waals surface area contributed by atoms with Crippen molar-refractivity contribution in [1.29, 1.82) is 0 Å². The summed E-state index contributed by atoms with van der Waals surface area (Å²) in [5, 5.41) is 8.00. The topological polar surface area (TPSA) is 155 Å². The van der Waals surface area contributed by atoms with Crippen molar-refractivity contribution in [3.05, 3.63) is 324 Å². The molecule has 1 atom stereocenters. The summed E-state index contributed by atoms with van der Waals surface area (Å²) in [4.78, 5) is 40.4. The molecule has 0 amide bonds. The van der Waals surface area contributed by atoms with Crippen LogP contribution in [-0.2, 0) is 98.6 Å². The first-order chi connectivity index (χ1) is 74.6. The number of rotatable bonds is 20. The molecule has 12 nitrogen and oxygen atoms in total. The Balaban J connectivity index is 0.000000200. The monoisotopic (exact) mass is 2530 g/mol. The van der Waals surface area contributed by atoms with Gasteiger partial charge < -0.3 is 43.2 Å². The minimum Gasteiger partial charge on any atom is -0.486 e. The molecular formula is C127H149Ir3N9O3Si3-6. The molecule has 18 heteroatoms. The summed E-state index contributed by atoms with van der Waals surface area (Å²) in [5.41, 5.74) is 13.3. The zero-order chi connectivity index (χ0) is 120. The van der Waals surface area contributed by atoms with Gasteiger partial charge in [-0.25, -0.2) is 15.0 Å². The Morgan fingerprint density at radius 1 is 0.352 bits per heavy atom. The Hall–Kier alpha value is -10.3. The second kappa shape index (κ2) is 49.7. The van der Waals surface area contributed by atoms with E-state index in [1.165, 1.54) is 19.9 Å². The Bertz CT molecular complexity index is 8230. The van der Waals surface area contributed by atoms with Crippen molar-refractivity contribution in [2.45, 2.75) is 261 Å². The van der Waals surface area contributed by atoms with Crippen molar-refractivity contribution in [2.24, 2.45) is 39.4 Å². The summed E-state index contributed by atoms with van der Waals surface area (Å²) in [6.07, 6.45) is 0.973. The van der Waals surface area contributed by atoms with Crippen molar-refractivity contribution < 1.29 is 101 Å². The van der Waals surface area contributed by atoms with Gasteiger partial charge in [-0.15, -0.1) is 162 Å². The number of pyridine rings is 9. The van der Waals surface area contributed by atoms with Gasteiger partial charge in [0.15, 0.2) is 0 Å². The van der Waals surface area contributed by atoms with Gasteiger partial charge in [-0.2, -0.15) is 0 Å². The quantitative estimate of drug-likeness (QED) is 0.0527. The third kappa shape index (κ3) is 31.9. The predicted molar refractivity (Wildman–Crippen MR) is 607 cm³/mol. The van der Waals surface area contributed by atoms with Gasteiger partial charge in [-0.3, -0.25) is 0 Å². The van der Waals surface area contributed by atoms with E-state index in [1.54, 1.807) is 93.2 Å². The summed E-state index contributed by atoms with van der Waals surface area (Å²) in [6, 6.07) is 79.8. The molecule has 6 aromatic carbocycles. The van der Waals surface area contributed by atoms with Crippen LogP contribution >= 0.6 is 0 Å². The third-order valence-electron chi connectivity index (χ3n) is 22.7. The van der Waals surface area contributed by atoms with Gasteiger partial charge in [0.05, 0.1) is 41.0 Å². The maximum Gasteiger partial charge on any atom is 0.216 e. The number of benzene rings is 6. The fourth-order valence-electron chi connectivity index (χ4n) is 16.0. The predicted octanol–water partition coefficient (Wildman–Crippen LogP) is 32.7. The molecule has 0 saturated carbocycles. The SMILES string of the molecule is [2H]C(C)(C)c1ccc2c(n1)oc1c(-c3cc(C([2H])([2H])C(C)(C)C)ccn3)[c-]ccc12.[2H]C([2H])([2H])C(C)(C)C([2H])([2H])c1cc(-c2[c-]cccc2)ncc1[Si](C)(C)C.[2H]C([2H])([2H])c1ccc2c(n1)oc1c(-c3cc(C([2H])([2H])C(C)C)ccn3)[c-]ccc12.[2H]C([2H])(c1cc(-c2[c-]cccc2)ncc1[Si](C)(C)C)C(C)(C)C.[2H]C([2H])(c1cc(-c2[c-]cccc2)ncc1[Si](C)(C)C)C(C)(C)C.[2H]C([2H])(c1ccc2c(n1)oc1c(-c3cc(C([2H])(C)C(C)C)ccn3)[c-]ccc12)C(C)C.[Ir].[Ir].[Ir]. The van der Waals surface area contributed by atoms with Gasteiger partial charge in [0, 0.05) is 158 Å². The number of nitrogens with zero attached hydrogens (tertiary/aromatic N) is 9. The molecule has 0 aliphatic rings. The molecule has 3 radical (unpaired) electrons. The molecule has 12 aromatic heterocycles. The molecule has 0 saturated heterocycles. The minimum absolute atomic E-state index is 0. The number of aryl methyl sites for hydroxylation is 1. The van der Waals surface area contributed by atoms with Crippen molar-refractivity contribution in [3.63, 3.8) is 0 Å². The average molecular weight is 2530 g/mol. The van der Waals surface area contributed by atoms with E-state index in [0.717, 1.165) is 87.3 Å². The zero-order valence-electron chi connectivity index (χ0n) is 109. The van der Waals surface area contributed by atoms with Gasteiger partial charge in [-0.1, -0.05) is 307 Å². The second-order valence-corrected chi connectivity index (χ2v) is 58.9. The molecule has 0 N–H and O–H groups in total. The summed E-state index contributed by atoms with van der Waals surface area (Å²) in [5.74, 6) is -1.83. The Labute approximate surface area is 937 Å². The van der Waals surface area contributed by atoms with Gasteiger partial charge in [0.2, 0.25) is 17.1 Å². The third-order valence-corrected chi connectivity index (χ3v) is 28.8. The summed E-state index contributed by atoms with van der Waals surface area (Å²) in [7, 11) is -5.35. The molecule has 1 unspecified atom stereocenters. The van der Waals surface area contributed by atoms with E-state index in [1.807, 2.05) is 263 Å². The Morgan fingerprint density at radius 2 is 0.724 bits per heavy atom. The molecule has 0 aliphatic carbocycles. The van der Waals surface area contributed by atoms with Crippen LogP contribution in [0, 0.1) is 82.7 Å². The number of aromatic nitrogens is 9. The van der Waals surface area contributed by atoms with Gasteiger partial charge in [-0.05, 0) is 201 Å². The molecule has 0 bridgehead atoms. The Morgan fingerprint density at radius 3 is 1.10 bits per heavy atom. The molecule has 0 spiro atoms. The van der Waals surface area contributed by atoms with Crippen LogP contribution in [0.3, 0.4) is 0 Å². The first-order valence-corrected chi connectivity index (χ1v) is 59.2. The van der Waals surface area contributed by atoms with Crippen LogP contribution in [0.2, 0.25) is 58.9 Å². The van der Waals surface area contributed by atoms with E-state index in [-0.39, 0.29) is 89.5 Å². The number of furan rings is 3. The first kappa shape index (κ1) is 89.8. The fourth-order valence-corrected chi connectivity index (χ4v) is 20.2. The molecule has 18 rings (SSSR count). The van der Waals surface area contributed by atoms with Crippen LogP contribution in [0.5, 0.6) is 0 Å². The molecule has 0 aliphatic heterocycles. The fraction of sp³-hybridized carbons (Fsp3) is 0.362. The standard InChI is InChI=1S/C25H27N2O.C24H25N2O.C21H19N2O.3C19H26NSi.3Ir/c1-15(2)13-19-9-10-21-20-7-6-8-22(24(20)28-25(21)27-19)23-14-18(11-12-26-23)17(5)16(3)4;1-15(2)20-10-9-18-17-7-6-8-19(22(17)27-23(18)26-20)21-13-16(11-12-25-21)14-24(3,4)5;1-13(2)11-15-9-10-22-19(12-15)18-6-4-5-16-17-8-7-14(3)23-21(17)24-20(16)18;3*1-19(2,3)13-16-12-17(15-10-8-7-9-11-15)20-14-18(16)21(4,5)6;;;/h6-7,9-12,14-17H,13H2,1-5H3;6-7,9-13,15H,14H2,1-5H3;4-5,7-10,12-13H,11H2,1-3H3;3*7-10,12,14H,13H2,1-6H3;;;/q6*-1;;;/i13D2,17D;14D2,15D;3D3,11D2;1D3,13D2;2*13D2;;;. The van der Waals surface area contributed by atoms with Gasteiger partial charge in [0.25, 0.3) is 0 Å². The first-order valence-electron chi connectivity index (χ1n) is 58.7. The Kier molecular flexibility index (Phi) is 30.8. The van der Waals surface area contributed by atoms with Gasteiger partial charge >= 0.3 is 0 Å². The number of hydrogen-bond acceptors (Lipinski definition) is 12. The van der Waals surface area contributed by atoms with Crippen LogP contribution in [0.25, 0.3) is 134 Å². The summed E-state index contributed by atoms with van der Waals surface area (Å²) >= 11 is 0. The number of fused-ring (bicyclic) bond motifs is 9. The van der Waals surface area contributed by atoms with E-state index in [2.05, 4.69) is 140 Å². The van der Waals surface area contributed by atoms with Crippen molar-refractivity contribution in [3.8, 4) is 67.5 Å². The van der Waals surface area contributed by atoms with Gasteiger partial charge in [0.1, 0.15) is 0 Å². The molecule has 0 fully saturated rings. The van der Waals surface area contributed by atoms with Crippen molar-refractivity contribution in [1.82, 2.24) is 44.9 Å². The van der Waals surface area contributed by atoms with Crippen LogP contribution in [0.15, 0.2) is 251 Å². The maximum absolute atomic E-state index is 8.80. The van der Waals surface area contributed by atoms with E-state index in [4.69, 9.17) is 40.7 Å². The van der Waals surface area contributed by atoms with Crippen LogP contribution < -0.4 is 15.6 Å². The van der Waals surface area contributed by atoms with Crippen LogP contribution in [0.1, 0.15) is 235 Å². The van der Waals surface area contributed by atoms with Crippen molar-refractivity contribution in [2.75, 3.05) is 0 Å². The molecule has 765 valence electrons. The van der Waals surface area contributed by atoms with Crippen molar-refractivity contribution >= 4 is 106 Å². The normalized spacial score (nSPS) is 15.3. The van der Waals surface area contributed by atoms with Crippen LogP contribution in [-0.4, -0.2) is 69.1 Å². The second-order valence-electron chi connectivity index (χ2n) is 43.8. The summed E-state index contributed by atoms with van der Waals surface area (Å²) < 4.78 is 185. The number of hydrogen-bond donors (Lipinski definition) is 0. The van der Waals surface area contributed by atoms with E-state index in [9.17, 15) is 0 Å². The molecular weight excluding hydrogens is 2360 g/mol. The largest absolute Gasteiger partial charge is 0.486 e. The summed E-state index contributed by atoms with van der Waals surface area (Å²) in [6.45, 7) is 52.3. The molecule has 12 heterocycles. The van der Waals surface area contributed by atoms with Crippen LogP contribution in [0.4, 0.5) is 0 Å². The molecule has 18 aromatic rings. The zero-order valence-corrected chi connectivity index (χ0v) is 99.2. The smallest absolute Gasteiger partial charge is 0.216 e. The van der Waals surface area contributed by atoms with E-state index in [0.29, 0.717) is 101 Å². The molecule has 145 heavy (non-hydrogen) atoms. The average Bonchev–Trinajstić information content (AvgIpc) is 1.27.